The molecule has 0 aliphatic carbocycles. The number of aryl methyl sites for hydroxylation is 2. The van der Waals surface area contributed by atoms with Crippen LogP contribution in [-0.2, 0) is 20.0 Å². The number of hydrogen-bond donors (Lipinski definition) is 5. The lowest BCUT2D eigenvalue weighted by molar-refractivity contribution is 0.0600. The van der Waals surface area contributed by atoms with Crippen molar-refractivity contribution in [2.24, 2.45) is 0 Å². The monoisotopic (exact) mass is 1070 g/mol. The molecule has 0 radical (unpaired) electrons. The van der Waals surface area contributed by atoms with Crippen molar-refractivity contribution in [1.29, 1.82) is 0 Å². The van der Waals surface area contributed by atoms with Gasteiger partial charge < -0.3 is 30.2 Å². The topological polar surface area (TPSA) is 249 Å². The third kappa shape index (κ3) is 12.5. The molecule has 25 heteroatoms. The number of carbonyl (C=O) groups is 2. The highest BCUT2D eigenvalue weighted by molar-refractivity contribution is 7.92. The van der Waals surface area contributed by atoms with E-state index in [0.29, 0.717) is 58.4 Å². The van der Waals surface area contributed by atoms with E-state index in [0.717, 1.165) is 86.8 Å². The molecule has 4 aromatic heterocycles. The van der Waals surface area contributed by atoms with Crippen molar-refractivity contribution in [2.75, 3.05) is 66.1 Å². The van der Waals surface area contributed by atoms with Crippen molar-refractivity contribution in [2.45, 2.75) is 76.7 Å². The number of nitrogens with zero attached hydrogens (tertiary/aromatic N) is 9. The molecule has 4 fully saturated rings. The Morgan fingerprint density at radius 2 is 1.11 bits per heavy atom. The van der Waals surface area contributed by atoms with E-state index in [4.69, 9.17) is 50.0 Å². The number of amides is 2. The van der Waals surface area contributed by atoms with E-state index in [1.54, 1.807) is 37.2 Å². The molecular formula is C46H55Cl3N12O8S2. The fourth-order valence-electron chi connectivity index (χ4n) is 8.81. The number of benzene rings is 2. The Labute approximate surface area is 426 Å². The number of carbonyl (C=O) groups excluding carboxylic acids is 2. The van der Waals surface area contributed by atoms with Crippen LogP contribution >= 0.6 is 34.8 Å². The van der Waals surface area contributed by atoms with E-state index in [2.05, 4.69) is 24.8 Å². The Hall–Kier alpha value is -5.33. The molecule has 0 spiro atoms. The molecule has 4 saturated heterocycles. The van der Waals surface area contributed by atoms with E-state index in [9.17, 15) is 31.5 Å². The van der Waals surface area contributed by atoms with E-state index < -0.39 is 20.0 Å². The first-order valence-corrected chi connectivity index (χ1v) is 27.9. The molecular weight excluding hydrogens is 1020 g/mol. The zero-order chi connectivity index (χ0) is 50.9. The summed E-state index contributed by atoms with van der Waals surface area (Å²) < 4.78 is 55.5. The Bertz CT molecular complexity index is 3160. The average Bonchev–Trinajstić information content (AvgIpc) is 3.91. The van der Waals surface area contributed by atoms with Crippen LogP contribution in [0.15, 0.2) is 60.9 Å². The quantitative estimate of drug-likeness (QED) is 0.110. The summed E-state index contributed by atoms with van der Waals surface area (Å²) in [6.07, 6.45) is 10.4. The molecule has 2 amide bonds. The normalized spacial score (nSPS) is 18.7. The first-order valence-electron chi connectivity index (χ1n) is 23.0. The van der Waals surface area contributed by atoms with Gasteiger partial charge in [0.25, 0.3) is 11.8 Å². The largest absolute Gasteiger partial charge is 0.390 e. The third-order valence-electron chi connectivity index (χ3n) is 12.4. The molecule has 0 bridgehead atoms. The zero-order valence-corrected chi connectivity index (χ0v) is 43.3. The van der Waals surface area contributed by atoms with Crippen LogP contribution in [0, 0.1) is 13.8 Å². The number of halogens is 3. The number of hydrogen-bond acceptors (Lipinski definition) is 14. The Morgan fingerprint density at radius 1 is 0.662 bits per heavy atom. The van der Waals surface area contributed by atoms with Gasteiger partial charge in [0.15, 0.2) is 11.3 Å². The molecule has 0 saturated carbocycles. The summed E-state index contributed by atoms with van der Waals surface area (Å²) in [4.78, 5) is 41.8. The SMILES string of the molecule is Cc1cn2nc([C@@H]3CCCCN3C(=O)c3cc(Cl)ccc3NS(C)(=O)=O)cc2nc1Cl.Cc1cn2nc([C@@H]3CCCCN3C(=O)c3cc(Cl)ccc3NS(C)(=O)=O)cc2nc1N1CC(O)C1.OC1CNC1. The van der Waals surface area contributed by atoms with Crippen molar-refractivity contribution in [3.63, 3.8) is 0 Å². The van der Waals surface area contributed by atoms with Gasteiger partial charge in [-0.1, -0.05) is 34.8 Å². The van der Waals surface area contributed by atoms with Crippen molar-refractivity contribution >= 4 is 95.2 Å². The number of piperidine rings is 2. The number of aliphatic hydroxyl groups is 2. The van der Waals surface area contributed by atoms with E-state index in [1.165, 1.54) is 24.3 Å². The highest BCUT2D eigenvalue weighted by Gasteiger charge is 2.35. The summed E-state index contributed by atoms with van der Waals surface area (Å²) in [7, 11) is -7.15. The van der Waals surface area contributed by atoms with Gasteiger partial charge in [-0.15, -0.1) is 0 Å². The minimum atomic E-state index is -3.58. The Morgan fingerprint density at radius 3 is 1.54 bits per heavy atom. The van der Waals surface area contributed by atoms with Gasteiger partial charge in [0.05, 0.1) is 70.7 Å². The molecule has 10 rings (SSSR count). The van der Waals surface area contributed by atoms with Crippen LogP contribution in [0.1, 0.15) is 93.8 Å². The summed E-state index contributed by atoms with van der Waals surface area (Å²) in [5, 5.41) is 31.4. The maximum absolute atomic E-state index is 13.7. The standard InChI is InChI=1S/C23H27ClN6O4S.C20H21Cl2N5O3S.C3H7NO/c1-14-11-30-21(25-22(14)28-12-16(31)13-28)10-19(26-30)20-5-3-4-8-29(20)23(32)17-9-15(24)6-7-18(17)27-35(2,33)34;1-12-11-27-18(23-19(12)22)10-16(24-27)17-5-3-4-8-26(17)20(28)14-9-13(21)6-7-15(14)25-31(2,29)30;5-3-1-4-2-3/h6-7,9-11,16,20,27,31H,3-5,8,12-13H2,1-2H3;6-7,9-11,17,25H,3-5,8H2,1-2H3;3-5H,1-2H2/t20-;17-;/m00./s1. The maximum atomic E-state index is 13.7. The van der Waals surface area contributed by atoms with Gasteiger partial charge >= 0.3 is 0 Å². The summed E-state index contributed by atoms with van der Waals surface area (Å²) >= 11 is 18.4. The van der Waals surface area contributed by atoms with Crippen LogP contribution in [0.5, 0.6) is 0 Å². The predicted octanol–water partition coefficient (Wildman–Crippen LogP) is 5.64. The molecule has 4 aliphatic heterocycles. The molecule has 380 valence electrons. The maximum Gasteiger partial charge on any atom is 0.256 e. The minimum absolute atomic E-state index is 0.0463. The van der Waals surface area contributed by atoms with Crippen LogP contribution in [0.4, 0.5) is 17.2 Å². The van der Waals surface area contributed by atoms with Crippen molar-refractivity contribution < 1.29 is 36.6 Å². The van der Waals surface area contributed by atoms with Crippen molar-refractivity contribution in [3.05, 3.63) is 110 Å². The van der Waals surface area contributed by atoms with E-state index in [-0.39, 0.29) is 58.6 Å². The number of rotatable bonds is 9. The number of sulfonamides is 2. The summed E-state index contributed by atoms with van der Waals surface area (Å²) in [5.74, 6) is 0.207. The number of nitrogens with one attached hydrogen (secondary N) is 3. The molecule has 6 aromatic rings. The first-order chi connectivity index (χ1) is 33.6. The van der Waals surface area contributed by atoms with Gasteiger partial charge in [0.2, 0.25) is 20.0 Å². The molecule has 20 nitrogen and oxygen atoms in total. The van der Waals surface area contributed by atoms with Crippen molar-refractivity contribution in [3.8, 4) is 0 Å². The Kier molecular flexibility index (Phi) is 15.7. The molecule has 5 N–H and O–H groups in total. The molecule has 0 unspecified atom stereocenters. The summed E-state index contributed by atoms with van der Waals surface area (Å²) in [6.45, 7) is 7.54. The number of fused-ring (bicyclic) bond motifs is 2. The van der Waals surface area contributed by atoms with Gasteiger partial charge in [0.1, 0.15) is 11.0 Å². The number of anilines is 3. The third-order valence-corrected chi connectivity index (χ3v) is 14.4. The smallest absolute Gasteiger partial charge is 0.256 e. The van der Waals surface area contributed by atoms with Crippen LogP contribution in [-0.4, -0.2) is 142 Å². The summed E-state index contributed by atoms with van der Waals surface area (Å²) in [6, 6.07) is 12.2. The fourth-order valence-corrected chi connectivity index (χ4v) is 10.4. The van der Waals surface area contributed by atoms with Crippen molar-refractivity contribution in [1.82, 2.24) is 44.3 Å². The average molecular weight is 1070 g/mol. The van der Waals surface area contributed by atoms with Crippen LogP contribution in [0.3, 0.4) is 0 Å². The lowest BCUT2D eigenvalue weighted by atomic mass is 9.98. The molecule has 2 atom stereocenters. The Balaban J connectivity index is 0.000000174. The van der Waals surface area contributed by atoms with Crippen LogP contribution in [0.2, 0.25) is 15.2 Å². The zero-order valence-electron chi connectivity index (χ0n) is 39.4. The van der Waals surface area contributed by atoms with Gasteiger partial charge in [-0.3, -0.25) is 19.0 Å². The summed E-state index contributed by atoms with van der Waals surface area (Å²) in [5.41, 5.74) is 5.25. The highest BCUT2D eigenvalue weighted by Crippen LogP contribution is 2.36. The van der Waals surface area contributed by atoms with Gasteiger partial charge in [-0.2, -0.15) is 10.2 Å². The van der Waals surface area contributed by atoms with Gasteiger partial charge in [0, 0.05) is 85.0 Å². The highest BCUT2D eigenvalue weighted by atomic mass is 35.5. The number of β-amino-alcohol motifs (C(OH)–C–C–N with tert-alkyl or cyclic N) is 2. The number of aliphatic hydroxyl groups excluding tert-OH is 2. The van der Waals surface area contributed by atoms with Crippen LogP contribution in [0.25, 0.3) is 11.3 Å². The molecule has 4 aliphatic rings. The van der Waals surface area contributed by atoms with E-state index in [1.807, 2.05) is 37.1 Å². The second-order valence-electron chi connectivity index (χ2n) is 18.2. The first kappa shape index (κ1) is 52.0. The molecule has 8 heterocycles. The second-order valence-corrected chi connectivity index (χ2v) is 23.0. The van der Waals surface area contributed by atoms with Gasteiger partial charge in [-0.25, -0.2) is 35.8 Å². The van der Waals surface area contributed by atoms with Crippen LogP contribution < -0.4 is 19.7 Å². The number of aromatic nitrogens is 6. The minimum Gasteiger partial charge on any atom is -0.390 e. The lowest BCUT2D eigenvalue weighted by Crippen LogP contribution is -2.51. The predicted molar refractivity (Wildman–Crippen MR) is 273 cm³/mol. The van der Waals surface area contributed by atoms with E-state index >= 15 is 0 Å². The second kappa shape index (κ2) is 21.4. The molecule has 2 aromatic carbocycles. The lowest BCUT2D eigenvalue weighted by Gasteiger charge is -2.37. The van der Waals surface area contributed by atoms with Gasteiger partial charge in [-0.05, 0) is 88.8 Å². The molecule has 71 heavy (non-hydrogen) atoms. The number of likely N-dealkylation sites (tertiary alicyclic amines) is 2. The fraction of sp³-hybridized carbons (Fsp3) is 0.435.